The monoisotopic (exact) mass is 300 g/mol. The predicted octanol–water partition coefficient (Wildman–Crippen LogP) is 1.21. The lowest BCUT2D eigenvalue weighted by molar-refractivity contribution is 0.0408. The third-order valence-electron chi connectivity index (χ3n) is 3.39. The molecule has 0 radical (unpaired) electrons. The minimum absolute atomic E-state index is 0.0637. The summed E-state index contributed by atoms with van der Waals surface area (Å²) >= 11 is 0. The molecule has 0 aromatic heterocycles. The van der Waals surface area contributed by atoms with Crippen LogP contribution in [0.3, 0.4) is 0 Å². The number of hydrogen-bond acceptors (Lipinski definition) is 3. The number of halogens is 2. The first kappa shape index (κ1) is 15.7. The van der Waals surface area contributed by atoms with E-state index in [1.54, 1.807) is 4.90 Å². The molecule has 0 saturated carbocycles. The van der Waals surface area contributed by atoms with Gasteiger partial charge in [-0.2, -0.15) is 0 Å². The van der Waals surface area contributed by atoms with E-state index in [0.29, 0.717) is 32.4 Å². The van der Waals surface area contributed by atoms with Crippen LogP contribution in [-0.2, 0) is 10.3 Å². The molecule has 5 nitrogen and oxygen atoms in total. The summed E-state index contributed by atoms with van der Waals surface area (Å²) in [4.78, 5) is 13.5. The van der Waals surface area contributed by atoms with Crippen LogP contribution in [0.25, 0.3) is 0 Å². The molecule has 1 unspecified atom stereocenters. The van der Waals surface area contributed by atoms with Crippen molar-refractivity contribution in [3.8, 4) is 0 Å². The van der Waals surface area contributed by atoms with Crippen LogP contribution in [0.2, 0.25) is 0 Å². The Morgan fingerprint density at radius 2 is 2.10 bits per heavy atom. The fourth-order valence-corrected chi connectivity index (χ4v) is 2.15. The van der Waals surface area contributed by atoms with E-state index in [-0.39, 0.29) is 18.1 Å². The summed E-state index contributed by atoms with van der Waals surface area (Å²) < 4.78 is 31.7. The third-order valence-corrected chi connectivity index (χ3v) is 3.39. The molecule has 2 amide bonds. The molecule has 1 atom stereocenters. The zero-order chi connectivity index (χ0) is 15.5. The minimum atomic E-state index is -1.63. The number of ether oxygens (including phenoxy) is 1. The summed E-state index contributed by atoms with van der Waals surface area (Å²) in [6.07, 6.45) is 0. The SMILES string of the molecule is CC(O)(CNC(=O)N1CCOCC1)c1ccc(F)cc1F. The van der Waals surface area contributed by atoms with Gasteiger partial charge in [0.2, 0.25) is 0 Å². The fourth-order valence-electron chi connectivity index (χ4n) is 2.15. The number of benzene rings is 1. The van der Waals surface area contributed by atoms with E-state index in [2.05, 4.69) is 5.32 Å². The number of hydrogen-bond donors (Lipinski definition) is 2. The van der Waals surface area contributed by atoms with Gasteiger partial charge in [0.15, 0.2) is 0 Å². The van der Waals surface area contributed by atoms with Gasteiger partial charge in [-0.1, -0.05) is 6.07 Å². The van der Waals surface area contributed by atoms with E-state index in [0.717, 1.165) is 6.07 Å². The molecule has 0 aliphatic carbocycles. The van der Waals surface area contributed by atoms with Gasteiger partial charge in [0.25, 0.3) is 0 Å². The van der Waals surface area contributed by atoms with Crippen LogP contribution in [0.5, 0.6) is 0 Å². The van der Waals surface area contributed by atoms with Gasteiger partial charge in [-0.15, -0.1) is 0 Å². The molecule has 2 N–H and O–H groups in total. The van der Waals surface area contributed by atoms with Gasteiger partial charge in [0, 0.05) is 24.7 Å². The zero-order valence-electron chi connectivity index (χ0n) is 11.7. The summed E-state index contributed by atoms with van der Waals surface area (Å²) in [5.41, 5.74) is -1.69. The summed E-state index contributed by atoms with van der Waals surface area (Å²) in [6.45, 7) is 3.07. The van der Waals surface area contributed by atoms with Crippen molar-refractivity contribution in [3.63, 3.8) is 0 Å². The van der Waals surface area contributed by atoms with E-state index in [1.807, 2.05) is 0 Å². The molecule has 1 aliphatic rings. The van der Waals surface area contributed by atoms with Crippen LogP contribution < -0.4 is 5.32 Å². The highest BCUT2D eigenvalue weighted by Crippen LogP contribution is 2.23. The summed E-state index contributed by atoms with van der Waals surface area (Å²) in [5.74, 6) is -1.56. The molecule has 1 aromatic rings. The van der Waals surface area contributed by atoms with Crippen LogP contribution in [0.15, 0.2) is 18.2 Å². The van der Waals surface area contributed by atoms with Crippen molar-refractivity contribution in [1.29, 1.82) is 0 Å². The molecule has 1 saturated heterocycles. The maximum atomic E-state index is 13.7. The Hall–Kier alpha value is -1.73. The first-order valence-corrected chi connectivity index (χ1v) is 6.68. The van der Waals surface area contributed by atoms with Crippen molar-refractivity contribution < 1.29 is 23.4 Å². The lowest BCUT2D eigenvalue weighted by atomic mass is 9.95. The Morgan fingerprint density at radius 1 is 1.43 bits per heavy atom. The maximum Gasteiger partial charge on any atom is 0.317 e. The standard InChI is InChI=1S/C14H18F2N2O3/c1-14(20,11-3-2-10(15)8-12(11)16)9-17-13(19)18-4-6-21-7-5-18/h2-3,8,20H,4-7,9H2,1H3,(H,17,19). The molecule has 1 aliphatic heterocycles. The van der Waals surface area contributed by atoms with Gasteiger partial charge >= 0.3 is 6.03 Å². The number of carbonyl (C=O) groups is 1. The number of carbonyl (C=O) groups excluding carboxylic acids is 1. The molecule has 21 heavy (non-hydrogen) atoms. The van der Waals surface area contributed by atoms with Crippen molar-refractivity contribution >= 4 is 6.03 Å². The highest BCUT2D eigenvalue weighted by atomic mass is 19.1. The second-order valence-corrected chi connectivity index (χ2v) is 5.16. The molecule has 1 aromatic carbocycles. The number of rotatable bonds is 3. The smallest absolute Gasteiger partial charge is 0.317 e. The Kier molecular flexibility index (Phi) is 4.74. The van der Waals surface area contributed by atoms with E-state index >= 15 is 0 Å². The molecule has 0 spiro atoms. The normalized spacial score (nSPS) is 18.2. The van der Waals surface area contributed by atoms with E-state index < -0.39 is 17.2 Å². The summed E-state index contributed by atoms with van der Waals surface area (Å²) in [5, 5.41) is 12.8. The van der Waals surface area contributed by atoms with E-state index in [1.165, 1.54) is 13.0 Å². The maximum absolute atomic E-state index is 13.7. The highest BCUT2D eigenvalue weighted by molar-refractivity contribution is 5.74. The molecule has 7 heteroatoms. The number of aliphatic hydroxyl groups is 1. The Balaban J connectivity index is 1.98. The predicted molar refractivity (Wildman–Crippen MR) is 71.7 cm³/mol. The number of morpholine rings is 1. The van der Waals surface area contributed by atoms with Crippen LogP contribution >= 0.6 is 0 Å². The van der Waals surface area contributed by atoms with Crippen molar-refractivity contribution in [3.05, 3.63) is 35.4 Å². The first-order valence-electron chi connectivity index (χ1n) is 6.68. The van der Waals surface area contributed by atoms with Crippen LogP contribution in [-0.4, -0.2) is 48.9 Å². The van der Waals surface area contributed by atoms with Gasteiger partial charge in [-0.05, 0) is 13.0 Å². The number of nitrogens with one attached hydrogen (secondary N) is 1. The highest BCUT2D eigenvalue weighted by Gasteiger charge is 2.28. The lowest BCUT2D eigenvalue weighted by Crippen LogP contribution is -2.49. The summed E-state index contributed by atoms with van der Waals surface area (Å²) in [6, 6.07) is 2.59. The van der Waals surface area contributed by atoms with Crippen LogP contribution in [0.1, 0.15) is 12.5 Å². The number of nitrogens with zero attached hydrogens (tertiary/aromatic N) is 1. The number of urea groups is 1. The molecule has 116 valence electrons. The second-order valence-electron chi connectivity index (χ2n) is 5.16. The average molecular weight is 300 g/mol. The molecule has 2 rings (SSSR count). The molecule has 1 heterocycles. The van der Waals surface area contributed by atoms with Crippen molar-refractivity contribution in [1.82, 2.24) is 10.2 Å². The largest absolute Gasteiger partial charge is 0.383 e. The van der Waals surface area contributed by atoms with Crippen LogP contribution in [0.4, 0.5) is 13.6 Å². The third kappa shape index (κ3) is 3.89. The Morgan fingerprint density at radius 3 is 2.71 bits per heavy atom. The van der Waals surface area contributed by atoms with Crippen molar-refractivity contribution in [2.45, 2.75) is 12.5 Å². The van der Waals surface area contributed by atoms with Gasteiger partial charge in [-0.3, -0.25) is 0 Å². The van der Waals surface area contributed by atoms with Gasteiger partial charge in [0.1, 0.15) is 17.2 Å². The molecule has 1 fully saturated rings. The summed E-state index contributed by atoms with van der Waals surface area (Å²) in [7, 11) is 0. The van der Waals surface area contributed by atoms with Gasteiger partial charge < -0.3 is 20.1 Å². The lowest BCUT2D eigenvalue weighted by Gasteiger charge is -2.30. The average Bonchev–Trinajstić information content (AvgIpc) is 2.45. The molecule has 0 bridgehead atoms. The Labute approximate surface area is 121 Å². The zero-order valence-corrected chi connectivity index (χ0v) is 11.7. The first-order chi connectivity index (χ1) is 9.90. The second kappa shape index (κ2) is 6.36. The topological polar surface area (TPSA) is 61.8 Å². The quantitative estimate of drug-likeness (QED) is 0.882. The number of amides is 2. The minimum Gasteiger partial charge on any atom is -0.383 e. The molecular formula is C14H18F2N2O3. The van der Waals surface area contributed by atoms with Gasteiger partial charge in [0.05, 0.1) is 19.8 Å². The van der Waals surface area contributed by atoms with Crippen molar-refractivity contribution in [2.24, 2.45) is 0 Å². The van der Waals surface area contributed by atoms with Gasteiger partial charge in [-0.25, -0.2) is 13.6 Å². The molecular weight excluding hydrogens is 282 g/mol. The van der Waals surface area contributed by atoms with E-state index in [4.69, 9.17) is 4.74 Å². The van der Waals surface area contributed by atoms with Crippen molar-refractivity contribution in [2.75, 3.05) is 32.8 Å². The van der Waals surface area contributed by atoms with Crippen LogP contribution in [0, 0.1) is 11.6 Å². The fraction of sp³-hybridized carbons (Fsp3) is 0.500. The van der Waals surface area contributed by atoms with E-state index in [9.17, 15) is 18.7 Å². The Bertz CT molecular complexity index is 517.